The van der Waals surface area contributed by atoms with Crippen LogP contribution in [0.5, 0.6) is 5.75 Å². The van der Waals surface area contributed by atoms with Crippen LogP contribution in [0.25, 0.3) is 10.9 Å². The summed E-state index contributed by atoms with van der Waals surface area (Å²) in [5, 5.41) is 3.45. The van der Waals surface area contributed by atoms with Crippen LogP contribution in [0.1, 0.15) is 22.4 Å². The van der Waals surface area contributed by atoms with Crippen molar-refractivity contribution in [3.8, 4) is 5.75 Å². The van der Waals surface area contributed by atoms with Crippen LogP contribution in [0.2, 0.25) is 0 Å². The van der Waals surface area contributed by atoms with E-state index in [1.165, 1.54) is 13.0 Å². The van der Waals surface area contributed by atoms with E-state index in [9.17, 15) is 17.6 Å². The summed E-state index contributed by atoms with van der Waals surface area (Å²) in [5.41, 5.74) is 0.742. The molecular weight excluding hydrogens is 558 g/mol. The Hall–Kier alpha value is -3.83. The Morgan fingerprint density at radius 1 is 0.857 bits per heavy atom. The Labute approximate surface area is 239 Å². The van der Waals surface area contributed by atoms with Gasteiger partial charge in [0, 0.05) is 61.6 Å². The molecule has 1 aromatic heterocycles. The minimum Gasteiger partial charge on any atom is -0.486 e. The molecule has 0 aliphatic carbocycles. The minimum absolute atomic E-state index is 0.0384. The maximum Gasteiger partial charge on any atom is 0.416 e. The van der Waals surface area contributed by atoms with Gasteiger partial charge < -0.3 is 10.1 Å². The van der Waals surface area contributed by atoms with E-state index in [-0.39, 0.29) is 12.2 Å². The number of aromatic nitrogens is 1. The van der Waals surface area contributed by atoms with Gasteiger partial charge in [-0.15, -0.1) is 0 Å². The van der Waals surface area contributed by atoms with Crippen LogP contribution in [0.3, 0.4) is 0 Å². The van der Waals surface area contributed by atoms with Crippen LogP contribution in [-0.2, 0) is 12.7 Å². The number of benzene rings is 3. The van der Waals surface area contributed by atoms with Crippen molar-refractivity contribution in [1.82, 2.24) is 14.8 Å². The molecule has 1 saturated heterocycles. The molecule has 0 bridgehead atoms. The van der Waals surface area contributed by atoms with Crippen LogP contribution in [0, 0.1) is 31.3 Å². The first-order valence-electron chi connectivity index (χ1n) is 13.6. The number of fused-ring (bicyclic) bond motifs is 1. The molecule has 11 heteroatoms. The van der Waals surface area contributed by atoms with Crippen LogP contribution in [0.15, 0.2) is 54.6 Å². The second kappa shape index (κ2) is 12.2. The molecule has 4 aromatic rings. The number of ether oxygens (including phenoxy) is 1. The van der Waals surface area contributed by atoms with E-state index in [0.717, 1.165) is 12.1 Å². The zero-order chi connectivity index (χ0) is 30.0. The van der Waals surface area contributed by atoms with Gasteiger partial charge in [-0.3, -0.25) is 14.8 Å². The number of hydrogen-bond acceptors (Lipinski definition) is 5. The largest absolute Gasteiger partial charge is 0.486 e. The first kappa shape index (κ1) is 29.7. The number of rotatable bonds is 8. The fourth-order valence-corrected chi connectivity index (χ4v) is 5.09. The number of aryl methyl sites for hydroxylation is 1. The van der Waals surface area contributed by atoms with E-state index >= 15 is 8.78 Å². The summed E-state index contributed by atoms with van der Waals surface area (Å²) < 4.78 is 90.1. The van der Waals surface area contributed by atoms with Crippen molar-refractivity contribution in [2.75, 3.05) is 44.6 Å². The van der Waals surface area contributed by atoms with E-state index in [0.29, 0.717) is 67.1 Å². The fourth-order valence-electron chi connectivity index (χ4n) is 5.09. The van der Waals surface area contributed by atoms with Gasteiger partial charge in [-0.25, -0.2) is 13.2 Å². The summed E-state index contributed by atoms with van der Waals surface area (Å²) in [4.78, 5) is 8.53. The Balaban J connectivity index is 1.22. The highest BCUT2D eigenvalue weighted by Crippen LogP contribution is 2.37. The van der Waals surface area contributed by atoms with E-state index in [2.05, 4.69) is 15.2 Å². The molecule has 1 fully saturated rings. The number of piperazine rings is 1. The second-order valence-corrected chi connectivity index (χ2v) is 10.4. The number of nitrogens with one attached hydrogen (secondary N) is 1. The Morgan fingerprint density at radius 3 is 2.31 bits per heavy atom. The van der Waals surface area contributed by atoms with Crippen molar-refractivity contribution in [3.63, 3.8) is 0 Å². The number of hydrogen-bond donors (Lipinski definition) is 1. The first-order chi connectivity index (χ1) is 20.0. The average Bonchev–Trinajstić information content (AvgIpc) is 2.96. The molecule has 1 N–H and O–H groups in total. The lowest BCUT2D eigenvalue weighted by Gasteiger charge is -2.34. The normalized spacial score (nSPS) is 14.9. The predicted octanol–water partition coefficient (Wildman–Crippen LogP) is 7.23. The maximum absolute atomic E-state index is 15.5. The molecule has 0 amide bonds. The predicted molar refractivity (Wildman–Crippen MR) is 149 cm³/mol. The average molecular weight is 589 g/mol. The van der Waals surface area contributed by atoms with Crippen LogP contribution in [0.4, 0.5) is 37.7 Å². The van der Waals surface area contributed by atoms with E-state index in [4.69, 9.17) is 4.74 Å². The Bertz CT molecular complexity index is 1580. The molecule has 0 atom stereocenters. The third-order valence-corrected chi connectivity index (χ3v) is 7.38. The lowest BCUT2D eigenvalue weighted by molar-refractivity contribution is -0.137. The van der Waals surface area contributed by atoms with Crippen molar-refractivity contribution < 1.29 is 31.1 Å². The van der Waals surface area contributed by atoms with E-state index < -0.39 is 40.6 Å². The van der Waals surface area contributed by atoms with Gasteiger partial charge in [-0.1, -0.05) is 36.4 Å². The molecule has 222 valence electrons. The summed E-state index contributed by atoms with van der Waals surface area (Å²) in [6, 6.07) is 14.1. The zero-order valence-electron chi connectivity index (χ0n) is 23.2. The van der Waals surface area contributed by atoms with Gasteiger partial charge in [0.15, 0.2) is 23.2 Å². The number of alkyl halides is 3. The Morgan fingerprint density at radius 2 is 1.57 bits per heavy atom. The standard InChI is InChI=1S/C31H30F6N4O/c1-19-16-25(23-8-3-4-9-24(23)38-19)39-29-26(32)20(2)27(33)30(28(29)34)42-15-14-40-10-12-41(13-11-40)18-21-6-5-7-22(17-21)31(35,36)37/h3-9,16-17H,10-15,18H2,1-2H3,(H,38,39). The van der Waals surface area contributed by atoms with Crippen LogP contribution >= 0.6 is 0 Å². The van der Waals surface area contributed by atoms with E-state index in [1.54, 1.807) is 37.3 Å². The highest BCUT2D eigenvalue weighted by molar-refractivity contribution is 5.93. The van der Waals surface area contributed by atoms with E-state index in [1.807, 2.05) is 11.0 Å². The summed E-state index contributed by atoms with van der Waals surface area (Å²) in [7, 11) is 0. The maximum atomic E-state index is 15.5. The topological polar surface area (TPSA) is 40.6 Å². The van der Waals surface area contributed by atoms with Crippen molar-refractivity contribution >= 4 is 22.3 Å². The van der Waals surface area contributed by atoms with Crippen molar-refractivity contribution in [3.05, 3.63) is 94.4 Å². The summed E-state index contributed by atoms with van der Waals surface area (Å²) >= 11 is 0. The van der Waals surface area contributed by atoms with Gasteiger partial charge in [-0.05, 0) is 37.6 Å². The fraction of sp³-hybridized carbons (Fsp3) is 0.323. The van der Waals surface area contributed by atoms with Gasteiger partial charge in [0.1, 0.15) is 12.3 Å². The molecule has 0 radical (unpaired) electrons. The molecule has 0 unspecified atom stereocenters. The zero-order valence-corrected chi connectivity index (χ0v) is 23.2. The first-order valence-corrected chi connectivity index (χ1v) is 13.6. The second-order valence-electron chi connectivity index (χ2n) is 10.4. The number of anilines is 2. The van der Waals surface area contributed by atoms with Gasteiger partial charge in [-0.2, -0.15) is 13.2 Å². The molecule has 2 heterocycles. The molecule has 5 rings (SSSR count). The SMILES string of the molecule is Cc1cc(Nc2c(F)c(C)c(F)c(OCCN3CCN(Cc4cccc(C(F)(F)F)c4)CC3)c2F)c2ccccc2n1. The molecule has 1 aliphatic rings. The molecular formula is C31H30F6N4O. The number of para-hydroxylation sites is 1. The monoisotopic (exact) mass is 588 g/mol. The van der Waals surface area contributed by atoms with Gasteiger partial charge in [0.2, 0.25) is 0 Å². The highest BCUT2D eigenvalue weighted by Gasteiger charge is 2.30. The lowest BCUT2D eigenvalue weighted by Crippen LogP contribution is -2.47. The smallest absolute Gasteiger partial charge is 0.416 e. The van der Waals surface area contributed by atoms with Gasteiger partial charge >= 0.3 is 6.18 Å². The van der Waals surface area contributed by atoms with Gasteiger partial charge in [0.25, 0.3) is 0 Å². The molecule has 1 aliphatic heterocycles. The summed E-state index contributed by atoms with van der Waals surface area (Å²) in [6.45, 7) is 6.15. The van der Waals surface area contributed by atoms with Crippen LogP contribution < -0.4 is 10.1 Å². The van der Waals surface area contributed by atoms with Crippen molar-refractivity contribution in [1.29, 1.82) is 0 Å². The van der Waals surface area contributed by atoms with Crippen molar-refractivity contribution in [2.45, 2.75) is 26.6 Å². The molecule has 5 nitrogen and oxygen atoms in total. The molecule has 0 saturated carbocycles. The third kappa shape index (κ3) is 6.47. The Kier molecular flexibility index (Phi) is 8.60. The highest BCUT2D eigenvalue weighted by atomic mass is 19.4. The van der Waals surface area contributed by atoms with Gasteiger partial charge in [0.05, 0.1) is 11.1 Å². The number of halogens is 6. The van der Waals surface area contributed by atoms with Crippen LogP contribution in [-0.4, -0.2) is 54.1 Å². The summed E-state index contributed by atoms with van der Waals surface area (Å²) in [6.07, 6.45) is -4.39. The molecule has 3 aromatic carbocycles. The minimum atomic E-state index is -4.39. The molecule has 0 spiro atoms. The quantitative estimate of drug-likeness (QED) is 0.220. The summed E-state index contributed by atoms with van der Waals surface area (Å²) in [5.74, 6) is -3.97. The molecule has 42 heavy (non-hydrogen) atoms. The third-order valence-electron chi connectivity index (χ3n) is 7.38. The number of pyridine rings is 1. The lowest BCUT2D eigenvalue weighted by atomic mass is 10.1. The number of nitrogens with zero attached hydrogens (tertiary/aromatic N) is 3. The van der Waals surface area contributed by atoms with Crippen molar-refractivity contribution in [2.24, 2.45) is 0 Å².